The van der Waals surface area contributed by atoms with E-state index in [4.69, 9.17) is 5.73 Å². The molecular weight excluding hydrogens is 336 g/mol. The van der Waals surface area contributed by atoms with Crippen LogP contribution in [0.25, 0.3) is 0 Å². The molecule has 2 saturated heterocycles. The molecule has 1 aromatic rings. The summed E-state index contributed by atoms with van der Waals surface area (Å²) in [5, 5.41) is 5.47. The Labute approximate surface area is 149 Å². The lowest BCUT2D eigenvalue weighted by Gasteiger charge is -2.39. The van der Waals surface area contributed by atoms with E-state index in [2.05, 4.69) is 10.6 Å². The van der Waals surface area contributed by atoms with Gasteiger partial charge in [-0.25, -0.2) is 0 Å². The highest BCUT2D eigenvalue weighted by Gasteiger charge is 2.49. The van der Waals surface area contributed by atoms with Crippen molar-refractivity contribution >= 4 is 29.3 Å². The van der Waals surface area contributed by atoms with Gasteiger partial charge >= 0.3 is 0 Å². The molecule has 2 fully saturated rings. The molecule has 1 atom stereocenters. The molecular formula is C18H18N4O4. The van der Waals surface area contributed by atoms with Crippen LogP contribution in [0.15, 0.2) is 6.07 Å². The van der Waals surface area contributed by atoms with Crippen molar-refractivity contribution in [1.82, 2.24) is 15.5 Å². The summed E-state index contributed by atoms with van der Waals surface area (Å²) in [6.45, 7) is 1.83. The third kappa shape index (κ3) is 1.87. The minimum atomic E-state index is -0.962. The number of hydrogen-bond donors (Lipinski definition) is 3. The van der Waals surface area contributed by atoms with Crippen molar-refractivity contribution < 1.29 is 19.2 Å². The number of carbonyl (C=O) groups excluding carboxylic acids is 4. The number of rotatable bonds is 1. The molecule has 8 nitrogen and oxygen atoms in total. The summed E-state index contributed by atoms with van der Waals surface area (Å²) in [5.74, 6) is -2.03. The van der Waals surface area contributed by atoms with Gasteiger partial charge in [-0.3, -0.25) is 29.4 Å². The van der Waals surface area contributed by atoms with Gasteiger partial charge in [0.25, 0.3) is 11.8 Å². The molecule has 1 spiro atoms. The van der Waals surface area contributed by atoms with Crippen LogP contribution < -0.4 is 16.4 Å². The molecule has 1 unspecified atom stereocenters. The summed E-state index contributed by atoms with van der Waals surface area (Å²) < 4.78 is 0. The number of imide groups is 2. The van der Waals surface area contributed by atoms with Crippen molar-refractivity contribution in [3.8, 4) is 0 Å². The van der Waals surface area contributed by atoms with E-state index >= 15 is 0 Å². The summed E-state index contributed by atoms with van der Waals surface area (Å²) in [6.07, 6.45) is 1.89. The maximum Gasteiger partial charge on any atom is 0.264 e. The van der Waals surface area contributed by atoms with Crippen molar-refractivity contribution in [2.75, 3.05) is 18.8 Å². The number of nitrogens with one attached hydrogen (secondary N) is 2. The van der Waals surface area contributed by atoms with E-state index in [0.29, 0.717) is 5.69 Å². The van der Waals surface area contributed by atoms with E-state index in [9.17, 15) is 19.2 Å². The molecule has 8 heteroatoms. The number of anilines is 1. The zero-order valence-electron chi connectivity index (χ0n) is 14.1. The molecule has 0 radical (unpaired) electrons. The predicted molar refractivity (Wildman–Crippen MR) is 90.2 cm³/mol. The van der Waals surface area contributed by atoms with Gasteiger partial charge in [0.2, 0.25) is 11.8 Å². The Morgan fingerprint density at radius 2 is 1.88 bits per heavy atom. The van der Waals surface area contributed by atoms with E-state index < -0.39 is 23.8 Å². The molecule has 5 rings (SSSR count). The first kappa shape index (κ1) is 15.5. The number of amides is 4. The van der Waals surface area contributed by atoms with Crippen LogP contribution in [0.3, 0.4) is 0 Å². The van der Waals surface area contributed by atoms with Crippen molar-refractivity contribution in [3.63, 3.8) is 0 Å². The SMILES string of the molecule is Nc1c2c(cc3c1C(=O)N(C1CCC(=O)NC1=O)C3=O)CC1(CNC1)C2. The average molecular weight is 354 g/mol. The summed E-state index contributed by atoms with van der Waals surface area (Å²) in [6, 6.07) is 0.816. The average Bonchev–Trinajstić information content (AvgIpc) is 3.07. The Balaban J connectivity index is 1.54. The highest BCUT2D eigenvalue weighted by Crippen LogP contribution is 2.45. The van der Waals surface area contributed by atoms with E-state index in [1.807, 2.05) is 0 Å². The van der Waals surface area contributed by atoms with Crippen molar-refractivity contribution in [2.24, 2.45) is 5.41 Å². The number of carbonyl (C=O) groups is 4. The first-order valence-electron chi connectivity index (χ1n) is 8.77. The second-order valence-corrected chi connectivity index (χ2v) is 7.75. The summed E-state index contributed by atoms with van der Waals surface area (Å²) in [7, 11) is 0. The van der Waals surface area contributed by atoms with Crippen LogP contribution >= 0.6 is 0 Å². The third-order valence-electron chi connectivity index (χ3n) is 6.09. The topological polar surface area (TPSA) is 122 Å². The minimum Gasteiger partial charge on any atom is -0.398 e. The number of piperidine rings is 1. The third-order valence-corrected chi connectivity index (χ3v) is 6.09. The van der Waals surface area contributed by atoms with Crippen LogP contribution in [-0.2, 0) is 22.4 Å². The molecule has 3 aliphatic heterocycles. The van der Waals surface area contributed by atoms with Crippen molar-refractivity contribution in [1.29, 1.82) is 0 Å². The van der Waals surface area contributed by atoms with E-state index in [-0.39, 0.29) is 35.3 Å². The fraction of sp³-hybridized carbons (Fsp3) is 0.444. The molecule has 1 aromatic carbocycles. The lowest BCUT2D eigenvalue weighted by atomic mass is 9.79. The normalized spacial score (nSPS) is 26.0. The zero-order chi connectivity index (χ0) is 18.2. The van der Waals surface area contributed by atoms with Crippen LogP contribution in [0.2, 0.25) is 0 Å². The second-order valence-electron chi connectivity index (χ2n) is 7.75. The summed E-state index contributed by atoms with van der Waals surface area (Å²) in [4.78, 5) is 50.3. The standard InChI is InChI=1S/C18H18N4O4/c19-14-10-5-18(6-20-7-18)4-8(10)3-9-13(14)17(26)22(16(9)25)11-1-2-12(23)21-15(11)24/h3,11,20H,1-2,4-7,19H2,(H,21,23,24). The minimum absolute atomic E-state index is 0.102. The lowest BCUT2D eigenvalue weighted by molar-refractivity contribution is -0.136. The van der Waals surface area contributed by atoms with Crippen LogP contribution in [0.4, 0.5) is 5.69 Å². The molecule has 1 aliphatic carbocycles. The van der Waals surface area contributed by atoms with Crippen molar-refractivity contribution in [3.05, 3.63) is 28.3 Å². The van der Waals surface area contributed by atoms with Crippen LogP contribution in [0, 0.1) is 5.41 Å². The maximum absolute atomic E-state index is 12.9. The second kappa shape index (κ2) is 4.91. The Morgan fingerprint density at radius 3 is 2.54 bits per heavy atom. The largest absolute Gasteiger partial charge is 0.398 e. The monoisotopic (exact) mass is 354 g/mol. The molecule has 26 heavy (non-hydrogen) atoms. The van der Waals surface area contributed by atoms with E-state index in [1.54, 1.807) is 6.07 Å². The molecule has 0 bridgehead atoms. The molecule has 0 aromatic heterocycles. The summed E-state index contributed by atoms with van der Waals surface area (Å²) >= 11 is 0. The fourth-order valence-electron chi connectivity index (χ4n) is 4.69. The highest BCUT2D eigenvalue weighted by molar-refractivity contribution is 6.25. The van der Waals surface area contributed by atoms with E-state index in [1.165, 1.54) is 0 Å². The molecule has 4 N–H and O–H groups in total. The van der Waals surface area contributed by atoms with Gasteiger partial charge in [-0.15, -0.1) is 0 Å². The Bertz CT molecular complexity index is 918. The Morgan fingerprint density at radius 1 is 1.12 bits per heavy atom. The quantitative estimate of drug-likeness (QED) is 0.455. The van der Waals surface area contributed by atoms with Gasteiger partial charge in [-0.2, -0.15) is 0 Å². The smallest absolute Gasteiger partial charge is 0.264 e. The molecule has 134 valence electrons. The highest BCUT2D eigenvalue weighted by atomic mass is 16.2. The first-order chi connectivity index (χ1) is 12.4. The molecule has 0 saturated carbocycles. The van der Waals surface area contributed by atoms with Crippen LogP contribution in [0.1, 0.15) is 44.7 Å². The predicted octanol–water partition coefficient (Wildman–Crippen LogP) is -0.642. The number of nitrogens with two attached hydrogens (primary N) is 1. The summed E-state index contributed by atoms with van der Waals surface area (Å²) in [5.41, 5.74) is 9.30. The number of fused-ring (bicyclic) bond motifs is 2. The molecule has 3 heterocycles. The van der Waals surface area contributed by atoms with Gasteiger partial charge in [0, 0.05) is 30.6 Å². The number of nitrogen functional groups attached to an aromatic ring is 1. The number of nitrogens with zero attached hydrogens (tertiary/aromatic N) is 1. The van der Waals surface area contributed by atoms with Gasteiger partial charge in [0.05, 0.1) is 11.1 Å². The van der Waals surface area contributed by atoms with Crippen LogP contribution in [-0.4, -0.2) is 47.7 Å². The number of hydrogen-bond acceptors (Lipinski definition) is 6. The maximum atomic E-state index is 12.9. The van der Waals surface area contributed by atoms with Gasteiger partial charge in [0.1, 0.15) is 6.04 Å². The van der Waals surface area contributed by atoms with Gasteiger partial charge in [0.15, 0.2) is 0 Å². The molecule has 4 amide bonds. The first-order valence-corrected chi connectivity index (χ1v) is 8.77. The number of benzene rings is 1. The lowest BCUT2D eigenvalue weighted by Crippen LogP contribution is -2.54. The Hall–Kier alpha value is -2.74. The zero-order valence-corrected chi connectivity index (χ0v) is 14.1. The Kier molecular flexibility index (Phi) is 2.93. The van der Waals surface area contributed by atoms with Gasteiger partial charge < -0.3 is 11.1 Å². The van der Waals surface area contributed by atoms with Gasteiger partial charge in [-0.05, 0) is 36.5 Å². The fourth-order valence-corrected chi connectivity index (χ4v) is 4.69. The van der Waals surface area contributed by atoms with Crippen molar-refractivity contribution in [2.45, 2.75) is 31.7 Å². The molecule has 4 aliphatic rings. The van der Waals surface area contributed by atoms with E-state index in [0.717, 1.165) is 42.0 Å². The van der Waals surface area contributed by atoms with Gasteiger partial charge in [-0.1, -0.05) is 0 Å². The van der Waals surface area contributed by atoms with Crippen LogP contribution in [0.5, 0.6) is 0 Å².